The van der Waals surface area contributed by atoms with E-state index >= 15 is 0 Å². The molecule has 3 amide bonds. The van der Waals surface area contributed by atoms with Gasteiger partial charge in [0, 0.05) is 25.7 Å². The van der Waals surface area contributed by atoms with Gasteiger partial charge in [0.25, 0.3) is 0 Å². The molecule has 3 saturated heterocycles. The molecule has 1 saturated carbocycles. The van der Waals surface area contributed by atoms with Gasteiger partial charge in [-0.2, -0.15) is 0 Å². The van der Waals surface area contributed by atoms with E-state index in [-0.39, 0.29) is 30.4 Å². The van der Waals surface area contributed by atoms with Crippen LogP contribution in [0, 0.1) is 11.8 Å². The average molecular weight is 498 g/mol. The summed E-state index contributed by atoms with van der Waals surface area (Å²) in [5.41, 5.74) is -0.775. The maximum atomic E-state index is 13.9. The van der Waals surface area contributed by atoms with Gasteiger partial charge < -0.3 is 25.4 Å². The highest BCUT2D eigenvalue weighted by molar-refractivity contribution is 5.99. The van der Waals surface area contributed by atoms with E-state index in [2.05, 4.69) is 10.6 Å². The number of fused-ring (bicyclic) bond motifs is 1. The number of aliphatic hydroxyl groups is 1. The fraction of sp³-hybridized carbons (Fsp3) is 0.679. The van der Waals surface area contributed by atoms with Gasteiger partial charge in [-0.05, 0) is 51.0 Å². The second-order valence-electron chi connectivity index (χ2n) is 11.2. The molecule has 1 aromatic rings. The van der Waals surface area contributed by atoms with Crippen molar-refractivity contribution >= 4 is 17.7 Å². The van der Waals surface area contributed by atoms with Gasteiger partial charge in [-0.3, -0.25) is 14.4 Å². The molecular formula is C28H39N3O5. The second kappa shape index (κ2) is 10.1. The third-order valence-corrected chi connectivity index (χ3v) is 8.88. The number of hydrogen-bond acceptors (Lipinski definition) is 5. The van der Waals surface area contributed by atoms with Gasteiger partial charge in [0.1, 0.15) is 11.6 Å². The monoisotopic (exact) mass is 497 g/mol. The number of carbonyl (C=O) groups excluding carboxylic acids is 3. The standard InChI is InChI=1S/C28H39N3O5/c1-27-14-15-28(36-27)22(21(27)24(33)29-18-19-10-4-2-5-11-19)26(35)31(16-8-9-17-32)23(28)25(34)30-20-12-6-3-7-13-20/h2,4-5,10-11,20-23,32H,3,6-9,12-18H2,1H3,(H,29,33)(H,30,34)/t21-,22-,23?,27+,28?/m0/s1. The number of benzene rings is 1. The molecule has 2 unspecified atom stereocenters. The van der Waals surface area contributed by atoms with Gasteiger partial charge in [-0.25, -0.2) is 0 Å². The number of hydrogen-bond donors (Lipinski definition) is 3. The average Bonchev–Trinajstić information content (AvgIpc) is 3.45. The predicted octanol–water partition coefficient (Wildman–Crippen LogP) is 2.29. The van der Waals surface area contributed by atoms with Crippen molar-refractivity contribution in [3.8, 4) is 0 Å². The predicted molar refractivity (Wildman–Crippen MR) is 134 cm³/mol. The highest BCUT2D eigenvalue weighted by atomic mass is 16.5. The molecule has 4 aliphatic rings. The first-order chi connectivity index (χ1) is 17.4. The van der Waals surface area contributed by atoms with Crippen LogP contribution in [0.3, 0.4) is 0 Å². The van der Waals surface area contributed by atoms with Crippen LogP contribution in [0.4, 0.5) is 0 Å². The van der Waals surface area contributed by atoms with E-state index in [9.17, 15) is 19.5 Å². The number of ether oxygens (including phenoxy) is 1. The summed E-state index contributed by atoms with van der Waals surface area (Å²) in [5.74, 6) is -1.83. The van der Waals surface area contributed by atoms with Crippen molar-refractivity contribution in [2.24, 2.45) is 11.8 Å². The molecule has 5 atom stereocenters. The molecule has 3 N–H and O–H groups in total. The minimum absolute atomic E-state index is 0.0363. The van der Waals surface area contributed by atoms with Crippen molar-refractivity contribution in [3.63, 3.8) is 0 Å². The van der Waals surface area contributed by atoms with E-state index in [1.165, 1.54) is 6.42 Å². The van der Waals surface area contributed by atoms with Gasteiger partial charge in [0.15, 0.2) is 0 Å². The van der Waals surface area contributed by atoms with Crippen molar-refractivity contribution in [1.82, 2.24) is 15.5 Å². The van der Waals surface area contributed by atoms with Crippen LogP contribution in [0.2, 0.25) is 0 Å². The van der Waals surface area contributed by atoms with Crippen LogP contribution in [0.5, 0.6) is 0 Å². The molecule has 4 fully saturated rings. The first-order valence-electron chi connectivity index (χ1n) is 13.6. The van der Waals surface area contributed by atoms with Crippen LogP contribution >= 0.6 is 0 Å². The van der Waals surface area contributed by atoms with Crippen LogP contribution in [0.25, 0.3) is 0 Å². The van der Waals surface area contributed by atoms with E-state index in [0.717, 1.165) is 31.2 Å². The third-order valence-electron chi connectivity index (χ3n) is 8.88. The number of unbranched alkanes of at least 4 members (excludes halogenated alkanes) is 1. The largest absolute Gasteiger partial charge is 0.396 e. The van der Waals surface area contributed by atoms with Crippen LogP contribution < -0.4 is 10.6 Å². The van der Waals surface area contributed by atoms with Crippen molar-refractivity contribution < 1.29 is 24.2 Å². The minimum atomic E-state index is -0.988. The Hall–Kier alpha value is -2.45. The molecule has 3 aliphatic heterocycles. The maximum absolute atomic E-state index is 13.9. The summed E-state index contributed by atoms with van der Waals surface area (Å²) in [6.45, 7) is 2.71. The topological polar surface area (TPSA) is 108 Å². The molecule has 1 aromatic carbocycles. The summed E-state index contributed by atoms with van der Waals surface area (Å²) in [6.07, 6.45) is 7.67. The summed E-state index contributed by atoms with van der Waals surface area (Å²) in [7, 11) is 0. The van der Waals surface area contributed by atoms with Gasteiger partial charge in [0.05, 0.1) is 17.4 Å². The van der Waals surface area contributed by atoms with Gasteiger partial charge in [0.2, 0.25) is 17.7 Å². The number of amides is 3. The van der Waals surface area contributed by atoms with E-state index in [0.29, 0.717) is 38.8 Å². The fourth-order valence-electron chi connectivity index (χ4n) is 7.18. The van der Waals surface area contributed by atoms with Crippen LogP contribution in [-0.2, 0) is 25.7 Å². The van der Waals surface area contributed by atoms with Crippen LogP contribution in [0.1, 0.15) is 70.3 Å². The molecule has 1 spiro atoms. The molecule has 1 aliphatic carbocycles. The Bertz CT molecular complexity index is 981. The Morgan fingerprint density at radius 1 is 1.08 bits per heavy atom. The number of aliphatic hydroxyl groups excluding tert-OH is 1. The van der Waals surface area contributed by atoms with Gasteiger partial charge >= 0.3 is 0 Å². The Balaban J connectivity index is 1.40. The van der Waals surface area contributed by atoms with E-state index in [4.69, 9.17) is 4.74 Å². The lowest BCUT2D eigenvalue weighted by Crippen LogP contribution is -2.57. The highest BCUT2D eigenvalue weighted by Crippen LogP contribution is 2.63. The molecule has 0 aromatic heterocycles. The zero-order valence-corrected chi connectivity index (χ0v) is 21.2. The molecule has 3 heterocycles. The lowest BCUT2D eigenvalue weighted by Gasteiger charge is -2.35. The van der Waals surface area contributed by atoms with Crippen molar-refractivity contribution in [2.75, 3.05) is 13.2 Å². The molecule has 36 heavy (non-hydrogen) atoms. The first-order valence-corrected chi connectivity index (χ1v) is 13.6. The molecular weight excluding hydrogens is 458 g/mol. The van der Waals surface area contributed by atoms with Crippen molar-refractivity contribution in [1.29, 1.82) is 0 Å². The normalized spacial score (nSPS) is 33.6. The van der Waals surface area contributed by atoms with Gasteiger partial charge in [-0.1, -0.05) is 49.6 Å². The Morgan fingerprint density at radius 2 is 1.83 bits per heavy atom. The maximum Gasteiger partial charge on any atom is 0.246 e. The number of likely N-dealkylation sites (tertiary alicyclic amines) is 1. The number of nitrogens with one attached hydrogen (secondary N) is 2. The molecule has 0 radical (unpaired) electrons. The summed E-state index contributed by atoms with van der Waals surface area (Å²) < 4.78 is 6.65. The quantitative estimate of drug-likeness (QED) is 0.454. The molecule has 8 nitrogen and oxygen atoms in total. The zero-order chi connectivity index (χ0) is 25.3. The minimum Gasteiger partial charge on any atom is -0.396 e. The highest BCUT2D eigenvalue weighted by Gasteiger charge is 2.77. The summed E-state index contributed by atoms with van der Waals surface area (Å²) >= 11 is 0. The lowest BCUT2D eigenvalue weighted by molar-refractivity contribution is -0.146. The third kappa shape index (κ3) is 4.32. The lowest BCUT2D eigenvalue weighted by atomic mass is 9.66. The number of nitrogens with zero attached hydrogens (tertiary/aromatic N) is 1. The Kier molecular flexibility index (Phi) is 7.10. The SMILES string of the molecule is C[C@]12CCC3(O1)C(C(=O)NC1CCCCC1)N(CCCCO)C(=O)[C@@H]3[C@H]2C(=O)NCc1ccccc1. The number of carbonyl (C=O) groups is 3. The molecule has 5 rings (SSSR count). The summed E-state index contributed by atoms with van der Waals surface area (Å²) in [6, 6.07) is 9.07. The number of rotatable bonds is 9. The summed E-state index contributed by atoms with van der Waals surface area (Å²) in [4.78, 5) is 42.9. The molecule has 196 valence electrons. The van der Waals surface area contributed by atoms with E-state index in [1.807, 2.05) is 37.3 Å². The van der Waals surface area contributed by atoms with E-state index < -0.39 is 29.1 Å². The zero-order valence-electron chi connectivity index (χ0n) is 21.2. The van der Waals surface area contributed by atoms with Crippen LogP contribution in [0.15, 0.2) is 30.3 Å². The smallest absolute Gasteiger partial charge is 0.246 e. The van der Waals surface area contributed by atoms with Gasteiger partial charge in [-0.15, -0.1) is 0 Å². The Morgan fingerprint density at radius 3 is 2.56 bits per heavy atom. The fourth-order valence-corrected chi connectivity index (χ4v) is 7.18. The van der Waals surface area contributed by atoms with Crippen LogP contribution in [-0.4, -0.2) is 64.2 Å². The van der Waals surface area contributed by atoms with E-state index in [1.54, 1.807) is 4.90 Å². The second-order valence-corrected chi connectivity index (χ2v) is 11.2. The Labute approximate surface area is 213 Å². The van der Waals surface area contributed by atoms with Crippen molar-refractivity contribution in [2.45, 2.75) is 94.5 Å². The first kappa shape index (κ1) is 25.2. The molecule has 8 heteroatoms. The molecule has 2 bridgehead atoms. The summed E-state index contributed by atoms with van der Waals surface area (Å²) in [5, 5.41) is 15.6. The van der Waals surface area contributed by atoms with Crippen molar-refractivity contribution in [3.05, 3.63) is 35.9 Å².